The SMILES string of the molecule is COc1ccc2c(c1)CC[C@H](NCCCOC1CCN(C)CC1)C2. The van der Waals surface area contributed by atoms with Crippen LogP contribution in [-0.4, -0.2) is 57.4 Å². The Bertz CT molecular complexity index is 512. The Balaban J connectivity index is 1.31. The third-order valence-corrected chi connectivity index (χ3v) is 5.42. The van der Waals surface area contributed by atoms with Gasteiger partial charge in [-0.15, -0.1) is 0 Å². The summed E-state index contributed by atoms with van der Waals surface area (Å²) in [5.41, 5.74) is 2.93. The van der Waals surface area contributed by atoms with E-state index in [9.17, 15) is 0 Å². The molecule has 0 amide bonds. The van der Waals surface area contributed by atoms with E-state index in [0.29, 0.717) is 12.1 Å². The normalized spacial score (nSPS) is 22.3. The van der Waals surface area contributed by atoms with E-state index in [-0.39, 0.29) is 0 Å². The molecule has 134 valence electrons. The number of piperidine rings is 1. The standard InChI is InChI=1S/C20H32N2O2/c1-22-11-8-19(9-12-22)24-13-3-10-21-18-6-4-17-15-20(23-2)7-5-16(17)14-18/h5,7,15,18-19,21H,3-4,6,8-14H2,1-2H3/t18-/m0/s1. The summed E-state index contributed by atoms with van der Waals surface area (Å²) in [7, 11) is 3.93. The maximum Gasteiger partial charge on any atom is 0.119 e. The molecular weight excluding hydrogens is 300 g/mol. The fourth-order valence-electron chi connectivity index (χ4n) is 3.81. The van der Waals surface area contributed by atoms with Crippen molar-refractivity contribution in [2.24, 2.45) is 0 Å². The van der Waals surface area contributed by atoms with Gasteiger partial charge in [-0.2, -0.15) is 0 Å². The molecule has 1 atom stereocenters. The molecule has 1 saturated heterocycles. The zero-order valence-electron chi connectivity index (χ0n) is 15.2. The Labute approximate surface area is 146 Å². The number of hydrogen-bond acceptors (Lipinski definition) is 4. The lowest BCUT2D eigenvalue weighted by Crippen LogP contribution is -2.36. The van der Waals surface area contributed by atoms with E-state index in [2.05, 4.69) is 35.5 Å². The average molecular weight is 332 g/mol. The molecule has 1 N–H and O–H groups in total. The van der Waals surface area contributed by atoms with Crippen LogP contribution in [-0.2, 0) is 17.6 Å². The maximum atomic E-state index is 6.02. The Morgan fingerprint density at radius 3 is 2.79 bits per heavy atom. The number of nitrogens with one attached hydrogen (secondary N) is 1. The van der Waals surface area contributed by atoms with Gasteiger partial charge in [0.2, 0.25) is 0 Å². The number of ether oxygens (including phenoxy) is 2. The average Bonchev–Trinajstić information content (AvgIpc) is 2.62. The van der Waals surface area contributed by atoms with Crippen molar-refractivity contribution in [3.8, 4) is 5.75 Å². The molecule has 0 radical (unpaired) electrons. The highest BCUT2D eigenvalue weighted by Gasteiger charge is 2.19. The Morgan fingerprint density at radius 1 is 1.17 bits per heavy atom. The Hall–Kier alpha value is -1.10. The molecule has 4 nitrogen and oxygen atoms in total. The second-order valence-corrected chi connectivity index (χ2v) is 7.26. The van der Waals surface area contributed by atoms with Gasteiger partial charge in [-0.3, -0.25) is 0 Å². The van der Waals surface area contributed by atoms with Crippen LogP contribution < -0.4 is 10.1 Å². The lowest BCUT2D eigenvalue weighted by atomic mass is 9.88. The molecule has 0 unspecified atom stereocenters. The van der Waals surface area contributed by atoms with E-state index < -0.39 is 0 Å². The van der Waals surface area contributed by atoms with Crippen LogP contribution in [0.2, 0.25) is 0 Å². The molecule has 4 heteroatoms. The largest absolute Gasteiger partial charge is 0.497 e. The van der Waals surface area contributed by atoms with E-state index in [1.807, 2.05) is 0 Å². The van der Waals surface area contributed by atoms with Gasteiger partial charge in [-0.1, -0.05) is 6.07 Å². The number of fused-ring (bicyclic) bond motifs is 1. The van der Waals surface area contributed by atoms with Crippen LogP contribution in [0.5, 0.6) is 5.75 Å². The molecule has 1 heterocycles. The van der Waals surface area contributed by atoms with Crippen LogP contribution in [0.4, 0.5) is 0 Å². The monoisotopic (exact) mass is 332 g/mol. The zero-order chi connectivity index (χ0) is 16.8. The van der Waals surface area contributed by atoms with Crippen LogP contribution >= 0.6 is 0 Å². The predicted octanol–water partition coefficient (Wildman–Crippen LogP) is 2.64. The summed E-state index contributed by atoms with van der Waals surface area (Å²) in [5, 5.41) is 3.72. The molecule has 0 spiro atoms. The quantitative estimate of drug-likeness (QED) is 0.779. The number of benzene rings is 1. The summed E-state index contributed by atoms with van der Waals surface area (Å²) in [6.07, 6.45) is 7.47. The van der Waals surface area contributed by atoms with Crippen molar-refractivity contribution in [1.82, 2.24) is 10.2 Å². The van der Waals surface area contributed by atoms with Gasteiger partial charge in [0.15, 0.2) is 0 Å². The van der Waals surface area contributed by atoms with E-state index in [0.717, 1.165) is 38.2 Å². The van der Waals surface area contributed by atoms with Gasteiger partial charge in [0, 0.05) is 25.7 Å². The molecule has 1 aromatic rings. The summed E-state index contributed by atoms with van der Waals surface area (Å²) in [6, 6.07) is 7.11. The molecule has 0 saturated carbocycles. The number of likely N-dealkylation sites (tertiary alicyclic amines) is 1. The van der Waals surface area contributed by atoms with E-state index in [4.69, 9.17) is 9.47 Å². The van der Waals surface area contributed by atoms with Crippen molar-refractivity contribution in [2.75, 3.05) is 40.4 Å². The third kappa shape index (κ3) is 4.95. The summed E-state index contributed by atoms with van der Waals surface area (Å²) in [5.74, 6) is 0.978. The second kappa shape index (κ2) is 8.84. The van der Waals surface area contributed by atoms with Crippen molar-refractivity contribution in [2.45, 2.75) is 50.7 Å². The van der Waals surface area contributed by atoms with Crippen LogP contribution in [0.1, 0.15) is 36.8 Å². The van der Waals surface area contributed by atoms with Gasteiger partial charge in [-0.25, -0.2) is 0 Å². The van der Waals surface area contributed by atoms with Crippen molar-refractivity contribution < 1.29 is 9.47 Å². The molecular formula is C20H32N2O2. The number of methoxy groups -OCH3 is 1. The van der Waals surface area contributed by atoms with Crippen LogP contribution in [0.15, 0.2) is 18.2 Å². The molecule has 1 aromatic carbocycles. The molecule has 1 aliphatic carbocycles. The minimum Gasteiger partial charge on any atom is -0.497 e. The first-order valence-electron chi connectivity index (χ1n) is 9.44. The van der Waals surface area contributed by atoms with Crippen molar-refractivity contribution in [3.05, 3.63) is 29.3 Å². The smallest absolute Gasteiger partial charge is 0.119 e. The lowest BCUT2D eigenvalue weighted by molar-refractivity contribution is 0.0114. The number of aryl methyl sites for hydroxylation is 1. The van der Waals surface area contributed by atoms with Crippen molar-refractivity contribution in [3.63, 3.8) is 0 Å². The van der Waals surface area contributed by atoms with Crippen molar-refractivity contribution >= 4 is 0 Å². The fraction of sp³-hybridized carbons (Fsp3) is 0.700. The molecule has 1 aliphatic heterocycles. The molecule has 0 bridgehead atoms. The third-order valence-electron chi connectivity index (χ3n) is 5.42. The number of rotatable bonds is 7. The van der Waals surface area contributed by atoms with Gasteiger partial charge in [0.1, 0.15) is 5.75 Å². The van der Waals surface area contributed by atoms with Gasteiger partial charge >= 0.3 is 0 Å². The van der Waals surface area contributed by atoms with Crippen molar-refractivity contribution in [1.29, 1.82) is 0 Å². The van der Waals surface area contributed by atoms with E-state index >= 15 is 0 Å². The van der Waals surface area contributed by atoms with Crippen LogP contribution in [0.3, 0.4) is 0 Å². The van der Waals surface area contributed by atoms with Gasteiger partial charge in [0.05, 0.1) is 13.2 Å². The van der Waals surface area contributed by atoms with Gasteiger partial charge in [0.25, 0.3) is 0 Å². The Morgan fingerprint density at radius 2 is 2.00 bits per heavy atom. The lowest BCUT2D eigenvalue weighted by Gasteiger charge is -2.29. The first kappa shape index (κ1) is 17.7. The summed E-state index contributed by atoms with van der Waals surface area (Å²) in [4.78, 5) is 2.39. The van der Waals surface area contributed by atoms with Gasteiger partial charge < -0.3 is 19.7 Å². The highest BCUT2D eigenvalue weighted by molar-refractivity contribution is 5.37. The number of hydrogen-bond donors (Lipinski definition) is 1. The molecule has 3 rings (SSSR count). The van der Waals surface area contributed by atoms with Gasteiger partial charge in [-0.05, 0) is 75.4 Å². The second-order valence-electron chi connectivity index (χ2n) is 7.26. The van der Waals surface area contributed by atoms with E-state index in [1.54, 1.807) is 7.11 Å². The summed E-state index contributed by atoms with van der Waals surface area (Å²) >= 11 is 0. The molecule has 0 aromatic heterocycles. The highest BCUT2D eigenvalue weighted by Crippen LogP contribution is 2.25. The predicted molar refractivity (Wildman–Crippen MR) is 97.9 cm³/mol. The molecule has 2 aliphatic rings. The minimum atomic E-state index is 0.484. The highest BCUT2D eigenvalue weighted by atomic mass is 16.5. The minimum absolute atomic E-state index is 0.484. The van der Waals surface area contributed by atoms with Crippen LogP contribution in [0, 0.1) is 0 Å². The maximum absolute atomic E-state index is 6.02. The summed E-state index contributed by atoms with van der Waals surface area (Å²) < 4.78 is 11.3. The first-order valence-corrected chi connectivity index (χ1v) is 9.44. The zero-order valence-corrected chi connectivity index (χ0v) is 15.2. The molecule has 24 heavy (non-hydrogen) atoms. The Kier molecular flexibility index (Phi) is 6.52. The fourth-order valence-corrected chi connectivity index (χ4v) is 3.81. The van der Waals surface area contributed by atoms with E-state index in [1.165, 1.54) is 43.5 Å². The topological polar surface area (TPSA) is 33.7 Å². The summed E-state index contributed by atoms with van der Waals surface area (Å²) in [6.45, 7) is 4.30. The number of nitrogens with zero attached hydrogens (tertiary/aromatic N) is 1. The van der Waals surface area contributed by atoms with Crippen LogP contribution in [0.25, 0.3) is 0 Å². The first-order chi connectivity index (χ1) is 11.7. The molecule has 1 fully saturated rings.